The van der Waals surface area contributed by atoms with Gasteiger partial charge in [-0.25, -0.2) is 0 Å². The van der Waals surface area contributed by atoms with Gasteiger partial charge in [-0.1, -0.05) is 6.07 Å². The van der Waals surface area contributed by atoms with Crippen LogP contribution in [0.3, 0.4) is 0 Å². The highest BCUT2D eigenvalue weighted by atomic mass is 79.9. The molecule has 2 unspecified atom stereocenters. The molecular weight excluding hydrogens is 412 g/mol. The summed E-state index contributed by atoms with van der Waals surface area (Å²) < 4.78 is 11.2. The lowest BCUT2D eigenvalue weighted by molar-refractivity contribution is -0.151. The Morgan fingerprint density at radius 3 is 2.52 bits per heavy atom. The van der Waals surface area contributed by atoms with E-state index in [1.807, 2.05) is 43.9 Å². The predicted molar refractivity (Wildman–Crippen MR) is 108 cm³/mol. The highest BCUT2D eigenvalue weighted by Crippen LogP contribution is 2.28. The number of hydrogen-bond acceptors (Lipinski definition) is 5. The molecule has 1 aliphatic rings. The number of likely N-dealkylation sites (tertiary alicyclic amines) is 1. The van der Waals surface area contributed by atoms with Crippen LogP contribution in [0.4, 0.5) is 0 Å². The Kier molecular flexibility index (Phi) is 8.10. The van der Waals surface area contributed by atoms with Gasteiger partial charge in [0.1, 0.15) is 5.75 Å². The maximum absolute atomic E-state index is 12.8. The van der Waals surface area contributed by atoms with Crippen LogP contribution in [0.25, 0.3) is 0 Å². The van der Waals surface area contributed by atoms with E-state index in [0.717, 1.165) is 15.8 Å². The van der Waals surface area contributed by atoms with Gasteiger partial charge in [0.25, 0.3) is 0 Å². The lowest BCUT2D eigenvalue weighted by Gasteiger charge is -2.33. The Labute approximate surface area is 169 Å². The van der Waals surface area contributed by atoms with Crippen molar-refractivity contribution in [3.05, 3.63) is 28.2 Å². The number of benzene rings is 1. The molecule has 7 heteroatoms. The lowest BCUT2D eigenvalue weighted by Crippen LogP contribution is -2.49. The molecular formula is C20H29BrN2O4. The van der Waals surface area contributed by atoms with Crippen LogP contribution in [-0.4, -0.2) is 49.6 Å². The standard InChI is InChI=1S/C20H29BrN2O4/c1-5-27-20(25)15-8-10-23(11-9-15)19(24)14(3)22-13(2)16-6-7-18(26-4)17(21)12-16/h6-7,12-15,22H,5,8-11H2,1-4H3. The van der Waals surface area contributed by atoms with Crippen LogP contribution in [0.5, 0.6) is 5.75 Å². The van der Waals surface area contributed by atoms with Crippen molar-refractivity contribution in [3.8, 4) is 5.75 Å². The predicted octanol–water partition coefficient (Wildman–Crippen LogP) is 3.30. The van der Waals surface area contributed by atoms with E-state index in [9.17, 15) is 9.59 Å². The molecule has 0 aromatic heterocycles. The molecule has 1 N–H and O–H groups in total. The molecule has 1 aromatic carbocycles. The van der Waals surface area contributed by atoms with Gasteiger partial charge in [0.05, 0.1) is 30.1 Å². The summed E-state index contributed by atoms with van der Waals surface area (Å²) in [5.74, 6) is 0.610. The molecule has 1 heterocycles. The summed E-state index contributed by atoms with van der Waals surface area (Å²) in [5.41, 5.74) is 1.07. The van der Waals surface area contributed by atoms with E-state index in [4.69, 9.17) is 9.47 Å². The first-order chi connectivity index (χ1) is 12.9. The third-order valence-corrected chi connectivity index (χ3v) is 5.59. The summed E-state index contributed by atoms with van der Waals surface area (Å²) in [6.07, 6.45) is 1.33. The molecule has 1 aromatic rings. The summed E-state index contributed by atoms with van der Waals surface area (Å²) in [4.78, 5) is 26.4. The van der Waals surface area contributed by atoms with Crippen molar-refractivity contribution in [2.45, 2.75) is 45.7 Å². The molecule has 1 amide bonds. The maximum Gasteiger partial charge on any atom is 0.309 e. The number of ether oxygens (including phenoxy) is 2. The number of rotatable bonds is 7. The number of carbonyl (C=O) groups is 2. The van der Waals surface area contributed by atoms with E-state index in [1.165, 1.54) is 0 Å². The molecule has 0 bridgehead atoms. The molecule has 1 saturated heterocycles. The Balaban J connectivity index is 1.88. The van der Waals surface area contributed by atoms with Crippen molar-refractivity contribution in [2.75, 3.05) is 26.8 Å². The minimum absolute atomic E-state index is 0.0169. The van der Waals surface area contributed by atoms with Gasteiger partial charge < -0.3 is 14.4 Å². The molecule has 0 spiro atoms. The third-order valence-electron chi connectivity index (χ3n) is 4.97. The number of nitrogens with one attached hydrogen (secondary N) is 1. The molecule has 2 rings (SSSR count). The normalized spacial score (nSPS) is 17.3. The number of esters is 1. The van der Waals surface area contributed by atoms with Crippen molar-refractivity contribution in [3.63, 3.8) is 0 Å². The summed E-state index contributed by atoms with van der Waals surface area (Å²) in [5, 5.41) is 3.37. The molecule has 0 radical (unpaired) electrons. The third kappa shape index (κ3) is 5.69. The van der Waals surface area contributed by atoms with Gasteiger partial charge in [-0.15, -0.1) is 0 Å². The van der Waals surface area contributed by atoms with Crippen LogP contribution in [0.1, 0.15) is 45.2 Å². The monoisotopic (exact) mass is 440 g/mol. The Bertz CT molecular complexity index is 659. The fourth-order valence-corrected chi connectivity index (χ4v) is 3.92. The van der Waals surface area contributed by atoms with Crippen LogP contribution in [0, 0.1) is 5.92 Å². The number of methoxy groups -OCH3 is 1. The van der Waals surface area contributed by atoms with Crippen LogP contribution >= 0.6 is 15.9 Å². The smallest absolute Gasteiger partial charge is 0.309 e. The summed E-state index contributed by atoms with van der Waals surface area (Å²) in [7, 11) is 1.63. The average molecular weight is 441 g/mol. The molecule has 27 heavy (non-hydrogen) atoms. The van der Waals surface area contributed by atoms with Crippen molar-refractivity contribution < 1.29 is 19.1 Å². The summed E-state index contributed by atoms with van der Waals surface area (Å²) in [6.45, 7) is 7.32. The van der Waals surface area contributed by atoms with Crippen molar-refractivity contribution >= 4 is 27.8 Å². The van der Waals surface area contributed by atoms with Gasteiger partial charge in [0.2, 0.25) is 5.91 Å². The Morgan fingerprint density at radius 2 is 1.96 bits per heavy atom. The molecule has 150 valence electrons. The number of carbonyl (C=O) groups excluding carboxylic acids is 2. The number of halogens is 1. The molecule has 2 atom stereocenters. The van der Waals surface area contributed by atoms with E-state index < -0.39 is 0 Å². The number of amides is 1. The van der Waals surface area contributed by atoms with Gasteiger partial charge in [-0.05, 0) is 67.2 Å². The number of hydrogen-bond donors (Lipinski definition) is 1. The first-order valence-corrected chi connectivity index (χ1v) is 10.2. The van der Waals surface area contributed by atoms with Crippen LogP contribution in [0.15, 0.2) is 22.7 Å². The zero-order chi connectivity index (χ0) is 20.0. The second kappa shape index (κ2) is 10.1. The van der Waals surface area contributed by atoms with E-state index in [2.05, 4.69) is 21.2 Å². The number of nitrogens with zero attached hydrogens (tertiary/aromatic N) is 1. The zero-order valence-corrected chi connectivity index (χ0v) is 18.0. The molecule has 1 aliphatic heterocycles. The fourth-order valence-electron chi connectivity index (χ4n) is 3.36. The maximum atomic E-state index is 12.8. The van der Waals surface area contributed by atoms with E-state index in [-0.39, 0.29) is 29.9 Å². The minimum atomic E-state index is -0.306. The fraction of sp³-hybridized carbons (Fsp3) is 0.600. The molecule has 6 nitrogen and oxygen atoms in total. The van der Waals surface area contributed by atoms with Crippen LogP contribution in [-0.2, 0) is 14.3 Å². The van der Waals surface area contributed by atoms with Gasteiger partial charge in [-0.3, -0.25) is 14.9 Å². The van der Waals surface area contributed by atoms with Crippen LogP contribution < -0.4 is 10.1 Å². The molecule has 0 saturated carbocycles. The van der Waals surface area contributed by atoms with Crippen molar-refractivity contribution in [1.29, 1.82) is 0 Å². The molecule has 0 aliphatic carbocycles. The minimum Gasteiger partial charge on any atom is -0.496 e. The highest BCUT2D eigenvalue weighted by Gasteiger charge is 2.30. The quantitative estimate of drug-likeness (QED) is 0.658. The molecule has 1 fully saturated rings. The van der Waals surface area contributed by atoms with Gasteiger partial charge >= 0.3 is 5.97 Å². The van der Waals surface area contributed by atoms with Crippen molar-refractivity contribution in [1.82, 2.24) is 10.2 Å². The largest absolute Gasteiger partial charge is 0.496 e. The second-order valence-electron chi connectivity index (χ2n) is 6.86. The Morgan fingerprint density at radius 1 is 1.30 bits per heavy atom. The van der Waals surface area contributed by atoms with Gasteiger partial charge in [0.15, 0.2) is 0 Å². The average Bonchev–Trinajstić information content (AvgIpc) is 2.67. The summed E-state index contributed by atoms with van der Waals surface area (Å²) >= 11 is 3.50. The van der Waals surface area contributed by atoms with E-state index in [1.54, 1.807) is 7.11 Å². The second-order valence-corrected chi connectivity index (χ2v) is 7.71. The Hall–Kier alpha value is -1.60. The highest BCUT2D eigenvalue weighted by molar-refractivity contribution is 9.10. The van der Waals surface area contributed by atoms with Gasteiger partial charge in [0, 0.05) is 19.1 Å². The number of piperidine rings is 1. The first-order valence-electron chi connectivity index (χ1n) is 9.42. The van der Waals surface area contributed by atoms with E-state index >= 15 is 0 Å². The van der Waals surface area contributed by atoms with E-state index in [0.29, 0.717) is 32.5 Å². The van der Waals surface area contributed by atoms with Gasteiger partial charge in [-0.2, -0.15) is 0 Å². The van der Waals surface area contributed by atoms with Crippen molar-refractivity contribution in [2.24, 2.45) is 5.92 Å². The first kappa shape index (κ1) is 21.7. The SMILES string of the molecule is CCOC(=O)C1CCN(C(=O)C(C)NC(C)c2ccc(OC)c(Br)c2)CC1. The summed E-state index contributed by atoms with van der Waals surface area (Å²) in [6, 6.07) is 5.61. The lowest BCUT2D eigenvalue weighted by atomic mass is 9.96. The van der Waals surface area contributed by atoms with Crippen LogP contribution in [0.2, 0.25) is 0 Å². The zero-order valence-electron chi connectivity index (χ0n) is 16.5. The topological polar surface area (TPSA) is 67.9 Å².